The molecule has 0 saturated heterocycles. The summed E-state index contributed by atoms with van der Waals surface area (Å²) >= 11 is 0. The van der Waals surface area contributed by atoms with Crippen molar-refractivity contribution >= 4 is 12.2 Å². The van der Waals surface area contributed by atoms with Crippen LogP contribution in [0.5, 0.6) is 5.75 Å². The van der Waals surface area contributed by atoms with E-state index in [0.717, 1.165) is 16.7 Å². The molecule has 7 heteroatoms. The van der Waals surface area contributed by atoms with Gasteiger partial charge in [-0.3, -0.25) is 9.59 Å². The standard InChI is InChI=1S/C21H18F2N2O3/c1-24-18(10-13-4-8-16(28-3)9-5-13)20(26)25(2)19(21(24)27)11-14-6-7-15(22)12-17(14)23/h4-12H,1-3H3/b18-10-,19-11-. The Kier molecular flexibility index (Phi) is 5.26. The van der Waals surface area contributed by atoms with Crippen molar-refractivity contribution in [2.24, 2.45) is 14.1 Å². The van der Waals surface area contributed by atoms with E-state index in [1.807, 2.05) is 0 Å². The van der Waals surface area contributed by atoms with Crippen molar-refractivity contribution in [2.75, 3.05) is 7.11 Å². The van der Waals surface area contributed by atoms with E-state index in [2.05, 4.69) is 0 Å². The van der Waals surface area contributed by atoms with E-state index in [1.54, 1.807) is 37.5 Å². The highest BCUT2D eigenvalue weighted by Gasteiger charge is 2.08. The molecule has 0 bridgehead atoms. The van der Waals surface area contributed by atoms with Crippen molar-refractivity contribution in [1.29, 1.82) is 0 Å². The van der Waals surface area contributed by atoms with Crippen molar-refractivity contribution in [2.45, 2.75) is 0 Å². The van der Waals surface area contributed by atoms with E-state index in [0.29, 0.717) is 11.3 Å². The molecule has 0 aliphatic heterocycles. The van der Waals surface area contributed by atoms with Gasteiger partial charge in [0.25, 0.3) is 11.1 Å². The molecule has 0 radical (unpaired) electrons. The number of halogens is 2. The first-order valence-electron chi connectivity index (χ1n) is 8.40. The Balaban J connectivity index is 2.25. The third kappa shape index (κ3) is 3.64. The summed E-state index contributed by atoms with van der Waals surface area (Å²) in [6.07, 6.45) is 2.82. The molecule has 2 aromatic carbocycles. The number of hydrogen-bond donors (Lipinski definition) is 0. The van der Waals surface area contributed by atoms with E-state index in [-0.39, 0.29) is 16.3 Å². The van der Waals surface area contributed by atoms with Gasteiger partial charge in [0, 0.05) is 25.7 Å². The number of methoxy groups -OCH3 is 1. The van der Waals surface area contributed by atoms with Crippen LogP contribution in [0.3, 0.4) is 0 Å². The van der Waals surface area contributed by atoms with E-state index in [4.69, 9.17) is 4.74 Å². The molecule has 0 atom stereocenters. The van der Waals surface area contributed by atoms with Crippen LogP contribution >= 0.6 is 0 Å². The van der Waals surface area contributed by atoms with Crippen molar-refractivity contribution in [3.8, 4) is 5.75 Å². The maximum atomic E-state index is 13.9. The van der Waals surface area contributed by atoms with Gasteiger partial charge in [0.15, 0.2) is 0 Å². The summed E-state index contributed by atoms with van der Waals surface area (Å²) < 4.78 is 34.5. The number of ether oxygens (including phenoxy) is 1. The van der Waals surface area contributed by atoms with Crippen LogP contribution in [0.2, 0.25) is 0 Å². The SMILES string of the molecule is COc1ccc(/C=c2/c(=O)n(C)/c(=C\c3ccc(F)cc3F)c(=O)n2C)cc1. The lowest BCUT2D eigenvalue weighted by molar-refractivity contribution is 0.415. The van der Waals surface area contributed by atoms with Gasteiger partial charge >= 0.3 is 0 Å². The van der Waals surface area contributed by atoms with Gasteiger partial charge in [-0.1, -0.05) is 12.1 Å². The number of benzene rings is 2. The summed E-state index contributed by atoms with van der Waals surface area (Å²) in [6.45, 7) is 0. The number of rotatable bonds is 3. The van der Waals surface area contributed by atoms with E-state index >= 15 is 0 Å². The zero-order chi connectivity index (χ0) is 20.4. The zero-order valence-corrected chi connectivity index (χ0v) is 15.6. The van der Waals surface area contributed by atoms with Crippen LogP contribution in [0.4, 0.5) is 8.78 Å². The van der Waals surface area contributed by atoms with E-state index in [1.165, 1.54) is 30.8 Å². The monoisotopic (exact) mass is 384 g/mol. The molecular weight excluding hydrogens is 366 g/mol. The molecule has 28 heavy (non-hydrogen) atoms. The van der Waals surface area contributed by atoms with Gasteiger partial charge in [0.2, 0.25) is 0 Å². The van der Waals surface area contributed by atoms with Crippen molar-refractivity contribution in [3.63, 3.8) is 0 Å². The molecule has 0 fully saturated rings. The molecule has 0 saturated carbocycles. The van der Waals surface area contributed by atoms with Crippen molar-refractivity contribution in [1.82, 2.24) is 9.13 Å². The fourth-order valence-corrected chi connectivity index (χ4v) is 2.79. The molecule has 0 unspecified atom stereocenters. The fourth-order valence-electron chi connectivity index (χ4n) is 2.79. The molecule has 1 heterocycles. The molecule has 0 spiro atoms. The summed E-state index contributed by atoms with van der Waals surface area (Å²) in [6, 6.07) is 10.0. The zero-order valence-electron chi connectivity index (χ0n) is 15.6. The molecule has 3 rings (SSSR count). The third-order valence-electron chi connectivity index (χ3n) is 4.44. The van der Waals surface area contributed by atoms with Crippen LogP contribution in [0.15, 0.2) is 52.1 Å². The second-order valence-corrected chi connectivity index (χ2v) is 6.23. The Labute approximate surface area is 159 Å². The highest BCUT2D eigenvalue weighted by molar-refractivity contribution is 5.51. The van der Waals surface area contributed by atoms with Crippen molar-refractivity contribution in [3.05, 3.63) is 96.6 Å². The topological polar surface area (TPSA) is 53.2 Å². The average molecular weight is 384 g/mol. The average Bonchev–Trinajstić information content (AvgIpc) is 2.69. The molecule has 0 amide bonds. The summed E-state index contributed by atoms with van der Waals surface area (Å²) in [5, 5.41) is 0.166. The van der Waals surface area contributed by atoms with Crippen molar-refractivity contribution < 1.29 is 13.5 Å². The minimum absolute atomic E-state index is 0.00936. The molecule has 1 aromatic heterocycles. The van der Waals surface area contributed by atoms with Gasteiger partial charge in [0.1, 0.15) is 28.1 Å². The second kappa shape index (κ2) is 7.64. The summed E-state index contributed by atoms with van der Waals surface area (Å²) in [7, 11) is 4.46. The Morgan fingerprint density at radius 2 is 1.43 bits per heavy atom. The second-order valence-electron chi connectivity index (χ2n) is 6.23. The Morgan fingerprint density at radius 1 is 0.857 bits per heavy atom. The Hall–Kier alpha value is -3.48. The van der Waals surface area contributed by atoms with Crippen LogP contribution in [0, 0.1) is 11.6 Å². The van der Waals surface area contributed by atoms with Crippen LogP contribution in [-0.4, -0.2) is 16.2 Å². The quantitative estimate of drug-likeness (QED) is 0.678. The van der Waals surface area contributed by atoms with E-state index in [9.17, 15) is 18.4 Å². The maximum absolute atomic E-state index is 13.9. The molecule has 3 aromatic rings. The lowest BCUT2D eigenvalue weighted by Crippen LogP contribution is -2.56. The molecule has 144 valence electrons. The highest BCUT2D eigenvalue weighted by Crippen LogP contribution is 2.11. The van der Waals surface area contributed by atoms with Crippen LogP contribution < -0.4 is 26.6 Å². The summed E-state index contributed by atoms with van der Waals surface area (Å²) in [5.74, 6) is -0.866. The number of hydrogen-bond acceptors (Lipinski definition) is 3. The predicted octanol–water partition coefficient (Wildman–Crippen LogP) is 1.03. The van der Waals surface area contributed by atoms with Gasteiger partial charge in [0.05, 0.1) is 7.11 Å². The maximum Gasteiger partial charge on any atom is 0.274 e. The predicted molar refractivity (Wildman–Crippen MR) is 103 cm³/mol. The lowest BCUT2D eigenvalue weighted by Gasteiger charge is -2.06. The Morgan fingerprint density at radius 3 is 1.96 bits per heavy atom. The van der Waals surface area contributed by atoms with E-state index < -0.39 is 22.8 Å². The summed E-state index contributed by atoms with van der Waals surface area (Å²) in [5.41, 5.74) is -0.174. The minimum atomic E-state index is -0.816. The van der Waals surface area contributed by atoms with Gasteiger partial charge < -0.3 is 13.9 Å². The third-order valence-corrected chi connectivity index (χ3v) is 4.44. The first kappa shape index (κ1) is 19.3. The molecule has 0 N–H and O–H groups in total. The molecule has 0 aliphatic carbocycles. The highest BCUT2D eigenvalue weighted by atomic mass is 19.1. The number of aromatic nitrogens is 2. The first-order valence-corrected chi connectivity index (χ1v) is 8.40. The van der Waals surface area contributed by atoms with Crippen LogP contribution in [0.25, 0.3) is 12.2 Å². The first-order chi connectivity index (χ1) is 13.3. The van der Waals surface area contributed by atoms with Gasteiger partial charge in [-0.15, -0.1) is 0 Å². The summed E-state index contributed by atoms with van der Waals surface area (Å²) in [4.78, 5) is 25.6. The minimum Gasteiger partial charge on any atom is -0.497 e. The fraction of sp³-hybridized carbons (Fsp3) is 0.143. The Bertz CT molecular complexity index is 1270. The smallest absolute Gasteiger partial charge is 0.274 e. The normalized spacial score (nSPS) is 12.5. The van der Waals surface area contributed by atoms with Gasteiger partial charge in [-0.05, 0) is 42.0 Å². The van der Waals surface area contributed by atoms with Crippen LogP contribution in [0.1, 0.15) is 11.1 Å². The van der Waals surface area contributed by atoms with Gasteiger partial charge in [-0.2, -0.15) is 0 Å². The largest absolute Gasteiger partial charge is 0.497 e. The lowest BCUT2D eigenvalue weighted by atomic mass is 10.2. The molecular formula is C21H18F2N2O3. The van der Waals surface area contributed by atoms with Gasteiger partial charge in [-0.25, -0.2) is 8.78 Å². The molecule has 5 nitrogen and oxygen atoms in total. The number of nitrogens with zero attached hydrogens (tertiary/aromatic N) is 2. The van der Waals surface area contributed by atoms with Crippen LogP contribution in [-0.2, 0) is 14.1 Å². The molecule has 0 aliphatic rings.